The number of nitrogens with one attached hydrogen (secondary N) is 1. The quantitative estimate of drug-likeness (QED) is 0.739. The van der Waals surface area contributed by atoms with Crippen LogP contribution < -0.4 is 15.8 Å². The molecule has 1 aromatic carbocycles. The highest BCUT2D eigenvalue weighted by molar-refractivity contribution is 6.01. The highest BCUT2D eigenvalue weighted by Gasteiger charge is 2.15. The van der Waals surface area contributed by atoms with Gasteiger partial charge >= 0.3 is 0 Å². The number of nitrogen functional groups attached to an aromatic ring is 1. The van der Waals surface area contributed by atoms with Crippen molar-refractivity contribution in [3.05, 3.63) is 23.8 Å². The lowest BCUT2D eigenvalue weighted by Gasteiger charge is -2.14. The van der Waals surface area contributed by atoms with E-state index in [0.717, 1.165) is 6.54 Å². The van der Waals surface area contributed by atoms with E-state index in [1.54, 1.807) is 18.2 Å². The van der Waals surface area contributed by atoms with E-state index in [1.165, 1.54) is 0 Å². The number of hydrogen-bond donors (Lipinski definition) is 2. The zero-order valence-electron chi connectivity index (χ0n) is 11.2. The summed E-state index contributed by atoms with van der Waals surface area (Å²) in [7, 11) is 3.91. The first kappa shape index (κ1) is 14.3. The molecule has 0 heterocycles. The maximum Gasteiger partial charge on any atom is 0.257 e. The van der Waals surface area contributed by atoms with Gasteiger partial charge in [-0.2, -0.15) is 0 Å². The molecule has 1 amide bonds. The van der Waals surface area contributed by atoms with Gasteiger partial charge in [0.05, 0.1) is 6.61 Å². The summed E-state index contributed by atoms with van der Waals surface area (Å²) in [5, 5.41) is 2.83. The first-order chi connectivity index (χ1) is 8.56. The fraction of sp³-hybridized carbons (Fsp3) is 0.462. The molecule has 0 unspecified atom stereocenters. The molecule has 0 fully saturated rings. The highest BCUT2D eigenvalue weighted by Crippen LogP contribution is 2.24. The van der Waals surface area contributed by atoms with Gasteiger partial charge in [-0.1, -0.05) is 6.07 Å². The van der Waals surface area contributed by atoms with Crippen LogP contribution >= 0.6 is 0 Å². The van der Waals surface area contributed by atoms with E-state index < -0.39 is 0 Å². The number of rotatable bonds is 6. The molecule has 0 atom stereocenters. The van der Waals surface area contributed by atoms with E-state index in [4.69, 9.17) is 10.5 Å². The third-order valence-corrected chi connectivity index (χ3v) is 2.43. The van der Waals surface area contributed by atoms with Gasteiger partial charge in [0.15, 0.2) is 0 Å². The fourth-order valence-corrected chi connectivity index (χ4v) is 1.55. The Balaban J connectivity index is 2.77. The van der Waals surface area contributed by atoms with Crippen LogP contribution in [0.4, 0.5) is 5.69 Å². The van der Waals surface area contributed by atoms with Gasteiger partial charge in [-0.15, -0.1) is 0 Å². The number of benzene rings is 1. The molecule has 0 aromatic heterocycles. The first-order valence-electron chi connectivity index (χ1n) is 6.00. The molecular weight excluding hydrogens is 230 g/mol. The van der Waals surface area contributed by atoms with Gasteiger partial charge in [0, 0.05) is 18.8 Å². The molecule has 1 rings (SSSR count). The van der Waals surface area contributed by atoms with Gasteiger partial charge < -0.3 is 20.7 Å². The van der Waals surface area contributed by atoms with Crippen LogP contribution in [0.2, 0.25) is 0 Å². The molecule has 0 saturated heterocycles. The van der Waals surface area contributed by atoms with Gasteiger partial charge in [-0.05, 0) is 33.2 Å². The maximum absolute atomic E-state index is 12.1. The van der Waals surface area contributed by atoms with Crippen molar-refractivity contribution in [2.45, 2.75) is 6.92 Å². The number of amides is 1. The highest BCUT2D eigenvalue weighted by atomic mass is 16.5. The minimum absolute atomic E-state index is 0.196. The van der Waals surface area contributed by atoms with Crippen molar-refractivity contribution in [3.63, 3.8) is 0 Å². The Hall–Kier alpha value is -1.75. The summed E-state index contributed by atoms with van der Waals surface area (Å²) in [6.45, 7) is 3.73. The fourth-order valence-electron chi connectivity index (χ4n) is 1.55. The molecule has 0 bridgehead atoms. The lowest BCUT2D eigenvalue weighted by molar-refractivity contribution is 0.0948. The van der Waals surface area contributed by atoms with Crippen LogP contribution in [0.15, 0.2) is 18.2 Å². The van der Waals surface area contributed by atoms with Crippen molar-refractivity contribution in [1.29, 1.82) is 0 Å². The maximum atomic E-state index is 12.1. The molecule has 5 nitrogen and oxygen atoms in total. The van der Waals surface area contributed by atoms with Crippen molar-refractivity contribution >= 4 is 11.6 Å². The Kier molecular flexibility index (Phi) is 5.45. The summed E-state index contributed by atoms with van der Waals surface area (Å²) in [6, 6.07) is 5.22. The Labute approximate surface area is 108 Å². The Morgan fingerprint density at radius 1 is 1.44 bits per heavy atom. The predicted molar refractivity (Wildman–Crippen MR) is 72.9 cm³/mol. The van der Waals surface area contributed by atoms with Gasteiger partial charge in [-0.3, -0.25) is 4.79 Å². The number of hydrogen-bond acceptors (Lipinski definition) is 4. The summed E-state index contributed by atoms with van der Waals surface area (Å²) < 4.78 is 5.42. The van der Waals surface area contributed by atoms with Crippen LogP contribution in [0.5, 0.6) is 5.75 Å². The van der Waals surface area contributed by atoms with Crippen molar-refractivity contribution in [2.75, 3.05) is 39.5 Å². The van der Waals surface area contributed by atoms with Gasteiger partial charge in [0.1, 0.15) is 11.3 Å². The standard InChI is InChI=1S/C13H21N3O2/c1-4-18-11-7-5-6-10(14)12(11)13(17)15-8-9-16(2)3/h5-7H,4,8-9,14H2,1-3H3,(H,15,17). The Bertz CT molecular complexity index is 405. The summed E-state index contributed by atoms with van der Waals surface area (Å²) in [5.74, 6) is 0.332. The number of carbonyl (C=O) groups is 1. The predicted octanol–water partition coefficient (Wildman–Crippen LogP) is 0.959. The van der Waals surface area contributed by atoms with Crippen LogP contribution in [0, 0.1) is 0 Å². The summed E-state index contributed by atoms with van der Waals surface area (Å²) in [5.41, 5.74) is 6.68. The normalized spacial score (nSPS) is 10.4. The summed E-state index contributed by atoms with van der Waals surface area (Å²) in [4.78, 5) is 14.1. The van der Waals surface area contributed by atoms with Gasteiger partial charge in [0.25, 0.3) is 5.91 Å². The summed E-state index contributed by atoms with van der Waals surface area (Å²) in [6.07, 6.45) is 0. The number of nitrogens with zero attached hydrogens (tertiary/aromatic N) is 1. The summed E-state index contributed by atoms with van der Waals surface area (Å²) >= 11 is 0. The molecule has 18 heavy (non-hydrogen) atoms. The largest absolute Gasteiger partial charge is 0.493 e. The van der Waals surface area contributed by atoms with Crippen LogP contribution in [0.1, 0.15) is 17.3 Å². The lowest BCUT2D eigenvalue weighted by Crippen LogP contribution is -2.32. The van der Waals surface area contributed by atoms with Crippen LogP contribution in [0.3, 0.4) is 0 Å². The number of ether oxygens (including phenoxy) is 1. The molecule has 3 N–H and O–H groups in total. The molecule has 0 spiro atoms. The van der Waals surface area contributed by atoms with Crippen molar-refractivity contribution < 1.29 is 9.53 Å². The zero-order valence-corrected chi connectivity index (χ0v) is 11.2. The topological polar surface area (TPSA) is 67.6 Å². The van der Waals surface area contributed by atoms with Crippen LogP contribution in [-0.2, 0) is 0 Å². The molecule has 100 valence electrons. The van der Waals surface area contributed by atoms with E-state index in [2.05, 4.69) is 5.32 Å². The molecule has 0 aliphatic heterocycles. The Morgan fingerprint density at radius 2 is 2.17 bits per heavy atom. The Morgan fingerprint density at radius 3 is 2.78 bits per heavy atom. The first-order valence-corrected chi connectivity index (χ1v) is 6.00. The third-order valence-electron chi connectivity index (χ3n) is 2.43. The lowest BCUT2D eigenvalue weighted by atomic mass is 10.1. The number of likely N-dealkylation sites (N-methyl/N-ethyl adjacent to an activating group) is 1. The second-order valence-corrected chi connectivity index (χ2v) is 4.21. The number of nitrogens with two attached hydrogens (primary N) is 1. The number of carbonyl (C=O) groups excluding carboxylic acids is 1. The van der Waals surface area contributed by atoms with E-state index in [0.29, 0.717) is 30.2 Å². The molecule has 0 aliphatic rings. The average molecular weight is 251 g/mol. The van der Waals surface area contributed by atoms with Crippen molar-refractivity contribution in [2.24, 2.45) is 0 Å². The van der Waals surface area contributed by atoms with E-state index in [1.807, 2.05) is 25.9 Å². The molecule has 0 saturated carbocycles. The molecule has 1 aromatic rings. The minimum Gasteiger partial charge on any atom is -0.493 e. The molecule has 0 aliphatic carbocycles. The average Bonchev–Trinajstić information content (AvgIpc) is 2.28. The van der Waals surface area contributed by atoms with Crippen molar-refractivity contribution in [1.82, 2.24) is 10.2 Å². The second-order valence-electron chi connectivity index (χ2n) is 4.21. The zero-order chi connectivity index (χ0) is 13.5. The number of anilines is 1. The second kappa shape index (κ2) is 6.86. The van der Waals surface area contributed by atoms with Gasteiger partial charge in [0.2, 0.25) is 0 Å². The SMILES string of the molecule is CCOc1cccc(N)c1C(=O)NCCN(C)C. The molecular formula is C13H21N3O2. The van der Waals surface area contributed by atoms with Gasteiger partial charge in [-0.25, -0.2) is 0 Å². The van der Waals surface area contributed by atoms with Crippen LogP contribution in [0.25, 0.3) is 0 Å². The van der Waals surface area contributed by atoms with E-state index >= 15 is 0 Å². The van der Waals surface area contributed by atoms with Crippen LogP contribution in [-0.4, -0.2) is 44.6 Å². The van der Waals surface area contributed by atoms with E-state index in [-0.39, 0.29) is 5.91 Å². The molecule has 0 radical (unpaired) electrons. The minimum atomic E-state index is -0.196. The van der Waals surface area contributed by atoms with E-state index in [9.17, 15) is 4.79 Å². The smallest absolute Gasteiger partial charge is 0.257 e. The third kappa shape index (κ3) is 3.92. The van der Waals surface area contributed by atoms with Crippen molar-refractivity contribution in [3.8, 4) is 5.75 Å². The monoisotopic (exact) mass is 251 g/mol. The molecule has 5 heteroatoms.